The van der Waals surface area contributed by atoms with Crippen molar-refractivity contribution in [2.45, 2.75) is 172 Å². The van der Waals surface area contributed by atoms with Gasteiger partial charge in [-0.05, 0) is 76.0 Å². The van der Waals surface area contributed by atoms with Gasteiger partial charge in [0.25, 0.3) is 0 Å². The molecule has 0 heterocycles. The lowest BCUT2D eigenvalue weighted by atomic mass is 9.72. The smallest absolute Gasteiger partial charge is 0.345 e. The summed E-state index contributed by atoms with van der Waals surface area (Å²) in [7, 11) is 0. The average Bonchev–Trinajstić information content (AvgIpc) is 2.74. The summed E-state index contributed by atoms with van der Waals surface area (Å²) in [6.45, 7) is 24.1. The van der Waals surface area contributed by atoms with Crippen LogP contribution < -0.4 is 0 Å². The zero-order valence-electron chi connectivity index (χ0n) is 27.9. The number of aliphatic hydroxyl groups is 2. The van der Waals surface area contributed by atoms with Gasteiger partial charge >= 0.3 is 11.9 Å². The van der Waals surface area contributed by atoms with Crippen LogP contribution in [0.5, 0.6) is 0 Å². The van der Waals surface area contributed by atoms with Gasteiger partial charge in [0.2, 0.25) is 0 Å². The molecule has 0 spiro atoms. The third-order valence-electron chi connectivity index (χ3n) is 6.76. The maximum Gasteiger partial charge on any atom is 0.345 e. The lowest BCUT2D eigenvalue weighted by Crippen LogP contribution is -2.34. The molecule has 0 rings (SSSR count). The highest BCUT2D eigenvalue weighted by Gasteiger charge is 2.37. The Balaban J connectivity index is 0. The summed E-state index contributed by atoms with van der Waals surface area (Å²) < 4.78 is 0. The Morgan fingerprint density at radius 2 is 1.18 bits per heavy atom. The zero-order chi connectivity index (χ0) is 31.8. The van der Waals surface area contributed by atoms with Crippen molar-refractivity contribution < 1.29 is 39.7 Å². The first-order chi connectivity index (χ1) is 18.0. The van der Waals surface area contributed by atoms with E-state index in [1.807, 2.05) is 13.8 Å². The Morgan fingerprint density at radius 1 is 0.700 bits per heavy atom. The zero-order valence-corrected chi connectivity index (χ0v) is 27.9. The van der Waals surface area contributed by atoms with Gasteiger partial charge in [-0.3, -0.25) is 4.89 Å². The second-order valence-electron chi connectivity index (χ2n) is 15.3. The molecule has 40 heavy (non-hydrogen) atoms. The molecule has 240 valence electrons. The largest absolute Gasteiger partial charge is 0.393 e. The third kappa shape index (κ3) is 24.6. The molecule has 0 bridgehead atoms. The van der Waals surface area contributed by atoms with Crippen LogP contribution in [0, 0.1) is 22.2 Å². The van der Waals surface area contributed by atoms with Crippen LogP contribution in [0.4, 0.5) is 0 Å². The molecule has 8 heteroatoms. The van der Waals surface area contributed by atoms with Crippen molar-refractivity contribution in [1.82, 2.24) is 0 Å². The first-order valence-corrected chi connectivity index (χ1v) is 15.1. The third-order valence-corrected chi connectivity index (χ3v) is 6.76. The Kier molecular flexibility index (Phi) is 19.5. The lowest BCUT2D eigenvalue weighted by molar-refractivity contribution is -0.328. The molecule has 0 aromatic carbocycles. The van der Waals surface area contributed by atoms with Crippen LogP contribution in [0.2, 0.25) is 0 Å². The molecule has 0 saturated carbocycles. The van der Waals surface area contributed by atoms with Gasteiger partial charge in [-0.25, -0.2) is 9.59 Å². The van der Waals surface area contributed by atoms with Crippen LogP contribution in [0.25, 0.3) is 0 Å². The van der Waals surface area contributed by atoms with Crippen LogP contribution >= 0.6 is 0 Å². The van der Waals surface area contributed by atoms with Crippen molar-refractivity contribution in [3.63, 3.8) is 0 Å². The van der Waals surface area contributed by atoms with Crippen LogP contribution in [-0.2, 0) is 24.3 Å². The topological polar surface area (TPSA) is 123 Å². The first-order valence-electron chi connectivity index (χ1n) is 15.1. The second-order valence-corrected chi connectivity index (χ2v) is 15.3. The Hall–Kier alpha value is -1.22. The summed E-state index contributed by atoms with van der Waals surface area (Å²) in [5.41, 5.74) is -0.400. The predicted octanol–water partition coefficient (Wildman–Crippen LogP) is 8.03. The monoisotopic (exact) mass is 576 g/mol. The number of carbonyl (C=O) groups is 2. The summed E-state index contributed by atoms with van der Waals surface area (Å²) in [5.74, 6) is -1.31. The van der Waals surface area contributed by atoms with Crippen LogP contribution in [0.1, 0.15) is 154 Å². The van der Waals surface area contributed by atoms with Crippen LogP contribution in [-0.4, -0.2) is 45.2 Å². The first kappa shape index (κ1) is 40.9. The quantitative estimate of drug-likeness (QED) is 0.0903. The molecule has 0 aliphatic heterocycles. The summed E-state index contributed by atoms with van der Waals surface area (Å²) >= 11 is 0. The predicted molar refractivity (Wildman–Crippen MR) is 160 cm³/mol. The van der Waals surface area contributed by atoms with Gasteiger partial charge in [0.1, 0.15) is 5.60 Å². The number of unbranched alkanes of at least 4 members (excludes halogenated alkanes) is 3. The molecule has 3 N–H and O–H groups in total. The Bertz CT molecular complexity index is 684. The van der Waals surface area contributed by atoms with E-state index in [1.165, 1.54) is 6.42 Å². The van der Waals surface area contributed by atoms with E-state index < -0.39 is 29.2 Å². The van der Waals surface area contributed by atoms with Gasteiger partial charge in [-0.15, -0.1) is 0 Å². The Labute approximate surface area is 245 Å². The molecular weight excluding hydrogens is 512 g/mol. The van der Waals surface area contributed by atoms with E-state index in [0.29, 0.717) is 36.5 Å². The fourth-order valence-corrected chi connectivity index (χ4v) is 4.85. The molecular formula is C32H64O8. The highest BCUT2D eigenvalue weighted by atomic mass is 17.2. The average molecular weight is 577 g/mol. The van der Waals surface area contributed by atoms with Crippen molar-refractivity contribution in [2.24, 2.45) is 22.2 Å². The highest BCUT2D eigenvalue weighted by molar-refractivity contribution is 5.72. The lowest BCUT2D eigenvalue weighted by Gasteiger charge is -2.33. The molecule has 0 aliphatic carbocycles. The van der Waals surface area contributed by atoms with E-state index in [0.717, 1.165) is 38.5 Å². The van der Waals surface area contributed by atoms with Crippen molar-refractivity contribution in [3.05, 3.63) is 0 Å². The minimum absolute atomic E-state index is 0.294. The molecule has 0 aromatic rings. The second kappa shape index (κ2) is 19.1. The fourth-order valence-electron chi connectivity index (χ4n) is 4.85. The van der Waals surface area contributed by atoms with E-state index in [1.54, 1.807) is 27.7 Å². The molecule has 0 aliphatic rings. The Morgan fingerprint density at radius 3 is 1.60 bits per heavy atom. The summed E-state index contributed by atoms with van der Waals surface area (Å²) in [6, 6.07) is 0. The van der Waals surface area contributed by atoms with E-state index in [2.05, 4.69) is 46.4 Å². The minimum atomic E-state index is -0.657. The number of carbonyl (C=O) groups excluding carboxylic acids is 2. The van der Waals surface area contributed by atoms with Crippen molar-refractivity contribution in [3.8, 4) is 0 Å². The normalized spacial score (nSPS) is 15.0. The molecule has 0 saturated heterocycles. The molecule has 3 unspecified atom stereocenters. The summed E-state index contributed by atoms with van der Waals surface area (Å²) in [5, 5.41) is 27.5. The summed E-state index contributed by atoms with van der Waals surface area (Å²) in [4.78, 5) is 37.2. The standard InChI is InChI=1S/2C16H32O4/c1-12(17)11-16(5,6)13(14(18)20-19)9-7-8-10-15(2,3)4;1-13(17)12-16(5,6)20-19-14(18)10-8-7-9-11-15(2,3)4/h12-13,17,19H,7-11H2,1-6H3;13,17H,7-12H2,1-6H3. The molecule has 3 atom stereocenters. The maximum atomic E-state index is 11.8. The van der Waals surface area contributed by atoms with Gasteiger partial charge in [0.05, 0.1) is 18.1 Å². The van der Waals surface area contributed by atoms with Crippen molar-refractivity contribution in [2.75, 3.05) is 0 Å². The molecule has 0 aromatic heterocycles. The van der Waals surface area contributed by atoms with Gasteiger partial charge < -0.3 is 15.1 Å². The van der Waals surface area contributed by atoms with Gasteiger partial charge in [0, 0.05) is 12.8 Å². The SMILES string of the molecule is CC(O)CC(C)(C)C(CCCCC(C)(C)C)C(=O)OO.CC(O)CC(C)(C)OOC(=O)CCCCCC(C)(C)C. The minimum Gasteiger partial charge on any atom is -0.393 e. The molecule has 8 nitrogen and oxygen atoms in total. The highest BCUT2D eigenvalue weighted by Crippen LogP contribution is 2.37. The number of rotatable bonds is 17. The van der Waals surface area contributed by atoms with Crippen LogP contribution in [0.15, 0.2) is 0 Å². The maximum absolute atomic E-state index is 11.8. The number of aliphatic hydroxyl groups excluding tert-OH is 2. The molecule has 0 amide bonds. The molecule has 0 radical (unpaired) electrons. The van der Waals surface area contributed by atoms with Crippen molar-refractivity contribution in [1.29, 1.82) is 0 Å². The molecule has 0 fully saturated rings. The van der Waals surface area contributed by atoms with E-state index in [9.17, 15) is 19.8 Å². The van der Waals surface area contributed by atoms with E-state index >= 15 is 0 Å². The van der Waals surface area contributed by atoms with E-state index in [4.69, 9.17) is 15.0 Å². The van der Waals surface area contributed by atoms with Gasteiger partial charge in [0.15, 0.2) is 0 Å². The fraction of sp³-hybridized carbons (Fsp3) is 0.938. The van der Waals surface area contributed by atoms with E-state index in [-0.39, 0.29) is 11.9 Å². The van der Waals surface area contributed by atoms with Crippen LogP contribution in [0.3, 0.4) is 0 Å². The number of hydrogen-bond acceptors (Lipinski definition) is 8. The van der Waals surface area contributed by atoms with Gasteiger partial charge in [-0.2, -0.15) is 10.1 Å². The van der Waals surface area contributed by atoms with Crippen molar-refractivity contribution >= 4 is 11.9 Å². The number of hydrogen-bond donors (Lipinski definition) is 3. The van der Waals surface area contributed by atoms with Gasteiger partial charge in [-0.1, -0.05) is 81.1 Å². The summed E-state index contributed by atoms with van der Waals surface area (Å²) in [6.07, 6.45) is 8.25.